The van der Waals surface area contributed by atoms with E-state index in [1.807, 2.05) is 0 Å². The minimum Gasteiger partial charge on any atom is -0.450 e. The normalized spacial score (nSPS) is 9.68. The van der Waals surface area contributed by atoms with E-state index in [0.29, 0.717) is 0 Å². The van der Waals surface area contributed by atoms with Gasteiger partial charge in [0.15, 0.2) is 0 Å². The molecular weight excluding hydrogens is 276 g/mol. The highest BCUT2D eigenvalue weighted by Crippen LogP contribution is 2.24. The third kappa shape index (κ3) is 6.93. The Kier molecular flexibility index (Phi) is 8.43. The summed E-state index contributed by atoms with van der Waals surface area (Å²) in [6.45, 7) is 2.26. The fraction of sp³-hybridized carbons (Fsp3) is 0.316. The van der Waals surface area contributed by atoms with Crippen LogP contribution < -0.4 is 0 Å². The van der Waals surface area contributed by atoms with Gasteiger partial charge in [0, 0.05) is 0 Å². The molecule has 2 aromatic carbocycles. The molecule has 3 heteroatoms. The van der Waals surface area contributed by atoms with Gasteiger partial charge < -0.3 is 10.2 Å². The zero-order chi connectivity index (χ0) is 16.2. The fourth-order valence-electron chi connectivity index (χ4n) is 2.38. The SMILES string of the molecule is CCCCCCc1ccccc1-c1ccccc1.O=C(O)O. The standard InChI is InChI=1S/C18H22.CH2O3/c1-2-3-4-6-11-17-14-9-10-15-18(17)16-12-7-5-8-13-16;2-1(3)4/h5,7-10,12-15H,2-4,6,11H2,1H3;(H2,2,3,4). The first-order valence-corrected chi connectivity index (χ1v) is 7.70. The second-order valence-electron chi connectivity index (χ2n) is 5.12. The Labute approximate surface area is 132 Å². The molecule has 0 aliphatic rings. The molecule has 0 atom stereocenters. The first kappa shape index (κ1) is 17.8. The second kappa shape index (κ2) is 10.4. The van der Waals surface area contributed by atoms with Crippen LogP contribution in [0.1, 0.15) is 38.2 Å². The van der Waals surface area contributed by atoms with E-state index in [2.05, 4.69) is 61.5 Å². The van der Waals surface area contributed by atoms with Crippen molar-refractivity contribution in [2.45, 2.75) is 39.0 Å². The second-order valence-corrected chi connectivity index (χ2v) is 5.12. The highest BCUT2D eigenvalue weighted by atomic mass is 16.6. The summed E-state index contributed by atoms with van der Waals surface area (Å²) in [5.74, 6) is 0. The lowest BCUT2D eigenvalue weighted by molar-refractivity contribution is 0.137. The van der Waals surface area contributed by atoms with Gasteiger partial charge in [-0.25, -0.2) is 4.79 Å². The van der Waals surface area contributed by atoms with Crippen LogP contribution in [0.25, 0.3) is 11.1 Å². The van der Waals surface area contributed by atoms with E-state index in [1.54, 1.807) is 0 Å². The van der Waals surface area contributed by atoms with E-state index in [9.17, 15) is 0 Å². The molecule has 0 aliphatic carbocycles. The Morgan fingerprint density at radius 1 is 0.864 bits per heavy atom. The molecule has 2 aromatic rings. The predicted octanol–water partition coefficient (Wildman–Crippen LogP) is 5.70. The molecule has 118 valence electrons. The summed E-state index contributed by atoms with van der Waals surface area (Å²) < 4.78 is 0. The third-order valence-electron chi connectivity index (χ3n) is 3.40. The van der Waals surface area contributed by atoms with E-state index in [1.165, 1.54) is 48.8 Å². The van der Waals surface area contributed by atoms with E-state index in [-0.39, 0.29) is 0 Å². The van der Waals surface area contributed by atoms with Gasteiger partial charge in [0.05, 0.1) is 0 Å². The van der Waals surface area contributed by atoms with Gasteiger partial charge >= 0.3 is 6.16 Å². The summed E-state index contributed by atoms with van der Waals surface area (Å²) in [5, 5.41) is 13.9. The average molecular weight is 300 g/mol. The number of rotatable bonds is 6. The summed E-state index contributed by atoms with van der Waals surface area (Å²) in [6.07, 6.45) is 4.68. The molecule has 3 nitrogen and oxygen atoms in total. The smallest absolute Gasteiger partial charge is 0.450 e. The monoisotopic (exact) mass is 300 g/mol. The summed E-state index contributed by atoms with van der Waals surface area (Å²) in [4.78, 5) is 8.56. The molecule has 0 unspecified atom stereocenters. The molecule has 2 rings (SSSR count). The van der Waals surface area contributed by atoms with Gasteiger partial charge in [-0.3, -0.25) is 0 Å². The van der Waals surface area contributed by atoms with Crippen LogP contribution >= 0.6 is 0 Å². The van der Waals surface area contributed by atoms with Crippen LogP contribution in [0.15, 0.2) is 54.6 Å². The lowest BCUT2D eigenvalue weighted by Gasteiger charge is -2.09. The van der Waals surface area contributed by atoms with Crippen molar-refractivity contribution >= 4 is 6.16 Å². The lowest BCUT2D eigenvalue weighted by atomic mass is 9.96. The Morgan fingerprint density at radius 2 is 1.45 bits per heavy atom. The van der Waals surface area contributed by atoms with Gasteiger partial charge in [-0.1, -0.05) is 80.8 Å². The molecule has 0 radical (unpaired) electrons. The minimum atomic E-state index is -1.83. The van der Waals surface area contributed by atoms with E-state index in [4.69, 9.17) is 15.0 Å². The average Bonchev–Trinajstić information content (AvgIpc) is 2.52. The molecular formula is C19H24O3. The Bertz CT molecular complexity index is 546. The summed E-state index contributed by atoms with van der Waals surface area (Å²) >= 11 is 0. The molecule has 0 bridgehead atoms. The van der Waals surface area contributed by atoms with Gasteiger partial charge in [0.2, 0.25) is 0 Å². The van der Waals surface area contributed by atoms with Crippen LogP contribution in [0.3, 0.4) is 0 Å². The molecule has 0 saturated heterocycles. The van der Waals surface area contributed by atoms with Crippen molar-refractivity contribution in [3.63, 3.8) is 0 Å². The molecule has 22 heavy (non-hydrogen) atoms. The summed E-state index contributed by atoms with van der Waals surface area (Å²) in [5.41, 5.74) is 4.22. The fourth-order valence-corrected chi connectivity index (χ4v) is 2.38. The van der Waals surface area contributed by atoms with Gasteiger partial charge in [-0.2, -0.15) is 0 Å². The van der Waals surface area contributed by atoms with E-state index >= 15 is 0 Å². The van der Waals surface area contributed by atoms with Crippen molar-refractivity contribution in [3.8, 4) is 11.1 Å². The van der Waals surface area contributed by atoms with Crippen molar-refractivity contribution in [2.24, 2.45) is 0 Å². The molecule has 0 saturated carbocycles. The number of hydrogen-bond acceptors (Lipinski definition) is 1. The van der Waals surface area contributed by atoms with Crippen molar-refractivity contribution < 1.29 is 15.0 Å². The summed E-state index contributed by atoms with van der Waals surface area (Å²) in [7, 11) is 0. The molecule has 0 spiro atoms. The highest BCUT2D eigenvalue weighted by molar-refractivity contribution is 5.67. The van der Waals surface area contributed by atoms with Crippen molar-refractivity contribution in [3.05, 3.63) is 60.2 Å². The van der Waals surface area contributed by atoms with Crippen LogP contribution in [0.4, 0.5) is 4.79 Å². The predicted molar refractivity (Wildman–Crippen MR) is 90.4 cm³/mol. The van der Waals surface area contributed by atoms with Crippen molar-refractivity contribution in [2.75, 3.05) is 0 Å². The van der Waals surface area contributed by atoms with E-state index < -0.39 is 6.16 Å². The highest BCUT2D eigenvalue weighted by Gasteiger charge is 2.03. The van der Waals surface area contributed by atoms with Crippen LogP contribution in [0, 0.1) is 0 Å². The maximum Gasteiger partial charge on any atom is 0.503 e. The number of carbonyl (C=O) groups is 1. The van der Waals surface area contributed by atoms with Crippen molar-refractivity contribution in [1.82, 2.24) is 0 Å². The first-order valence-electron chi connectivity index (χ1n) is 7.70. The van der Waals surface area contributed by atoms with Crippen LogP contribution in [-0.2, 0) is 6.42 Å². The molecule has 2 N–H and O–H groups in total. The lowest BCUT2D eigenvalue weighted by Crippen LogP contribution is -1.90. The summed E-state index contributed by atoms with van der Waals surface area (Å²) in [6, 6.07) is 19.5. The number of unbranched alkanes of at least 4 members (excludes halogenated alkanes) is 3. The molecule has 0 fully saturated rings. The number of benzene rings is 2. The Hall–Kier alpha value is -2.29. The number of aryl methyl sites for hydroxylation is 1. The van der Waals surface area contributed by atoms with Gasteiger partial charge in [0.25, 0.3) is 0 Å². The van der Waals surface area contributed by atoms with Crippen LogP contribution in [0.2, 0.25) is 0 Å². The maximum absolute atomic E-state index is 8.56. The number of hydrogen-bond donors (Lipinski definition) is 2. The topological polar surface area (TPSA) is 57.5 Å². The minimum absolute atomic E-state index is 1.20. The Balaban J connectivity index is 0.000000541. The quantitative estimate of drug-likeness (QED) is 0.673. The zero-order valence-electron chi connectivity index (χ0n) is 13.0. The van der Waals surface area contributed by atoms with Crippen molar-refractivity contribution in [1.29, 1.82) is 0 Å². The van der Waals surface area contributed by atoms with E-state index in [0.717, 1.165) is 0 Å². The maximum atomic E-state index is 8.56. The molecule has 0 heterocycles. The molecule has 0 aromatic heterocycles. The largest absolute Gasteiger partial charge is 0.503 e. The first-order chi connectivity index (χ1) is 10.6. The van der Waals surface area contributed by atoms with Gasteiger partial charge in [-0.15, -0.1) is 0 Å². The van der Waals surface area contributed by atoms with Gasteiger partial charge in [0.1, 0.15) is 0 Å². The van der Waals surface area contributed by atoms with Gasteiger partial charge in [-0.05, 0) is 29.5 Å². The van der Waals surface area contributed by atoms with Crippen LogP contribution in [0.5, 0.6) is 0 Å². The van der Waals surface area contributed by atoms with Crippen LogP contribution in [-0.4, -0.2) is 16.4 Å². The number of carboxylic acid groups (broad SMARTS) is 2. The molecule has 0 amide bonds. The third-order valence-corrected chi connectivity index (χ3v) is 3.40. The molecule has 0 aliphatic heterocycles. The Morgan fingerprint density at radius 3 is 2.09 bits per heavy atom. The zero-order valence-corrected chi connectivity index (χ0v) is 13.0.